The molecular weight excluding hydrogens is 346 g/mol. The minimum Gasteiger partial charge on any atom is -0.310 e. The average molecular weight is 378 g/mol. The van der Waals surface area contributed by atoms with Gasteiger partial charge >= 0.3 is 0 Å². The van der Waals surface area contributed by atoms with Gasteiger partial charge in [-0.1, -0.05) is 37.3 Å². The number of fused-ring (bicyclic) bond motifs is 2. The summed E-state index contributed by atoms with van der Waals surface area (Å²) in [6.45, 7) is 5.76. The number of piperidine rings is 1. The third-order valence-corrected chi connectivity index (χ3v) is 7.41. The van der Waals surface area contributed by atoms with Crippen molar-refractivity contribution in [3.63, 3.8) is 0 Å². The fourth-order valence-electron chi connectivity index (χ4n) is 5.23. The number of hydrogen-bond acceptors (Lipinski definition) is 3. The molecule has 1 atom stereocenters. The highest BCUT2D eigenvalue weighted by Crippen LogP contribution is 2.46. The molecular formula is C24H31N3O. The Balaban J connectivity index is 1.24. The Bertz CT molecular complexity index is 892. The molecule has 1 aromatic carbocycles. The molecule has 4 heteroatoms. The quantitative estimate of drug-likeness (QED) is 0.853. The molecule has 4 nitrogen and oxygen atoms in total. The summed E-state index contributed by atoms with van der Waals surface area (Å²) in [6.07, 6.45) is 7.90. The summed E-state index contributed by atoms with van der Waals surface area (Å²) in [6, 6.07) is 10.8. The van der Waals surface area contributed by atoms with Crippen molar-refractivity contribution in [2.45, 2.75) is 69.1 Å². The van der Waals surface area contributed by atoms with Crippen molar-refractivity contribution >= 4 is 0 Å². The summed E-state index contributed by atoms with van der Waals surface area (Å²) < 4.78 is 0. The van der Waals surface area contributed by atoms with Gasteiger partial charge in [0.2, 0.25) is 0 Å². The van der Waals surface area contributed by atoms with Gasteiger partial charge in [-0.2, -0.15) is 0 Å². The highest BCUT2D eigenvalue weighted by molar-refractivity contribution is 5.34. The molecule has 0 bridgehead atoms. The predicted molar refractivity (Wildman–Crippen MR) is 112 cm³/mol. The average Bonchev–Trinajstić information content (AvgIpc) is 3.52. The molecule has 1 saturated heterocycles. The van der Waals surface area contributed by atoms with Crippen molar-refractivity contribution in [1.29, 1.82) is 0 Å². The highest BCUT2D eigenvalue weighted by Gasteiger charge is 2.44. The van der Waals surface area contributed by atoms with E-state index in [1.54, 1.807) is 0 Å². The Morgan fingerprint density at radius 2 is 1.93 bits per heavy atom. The van der Waals surface area contributed by atoms with E-state index in [1.165, 1.54) is 24.8 Å². The minimum absolute atomic E-state index is 0.142. The number of hydrogen-bond donors (Lipinski definition) is 1. The summed E-state index contributed by atoms with van der Waals surface area (Å²) in [5, 5.41) is 0. The minimum atomic E-state index is 0.142. The first kappa shape index (κ1) is 18.1. The van der Waals surface area contributed by atoms with E-state index in [0.29, 0.717) is 11.8 Å². The SMILES string of the molecule is CC(CCN1CCC2(CCc3c2nc(C2CC2)[nH]c3=O)CC1)c1ccccc1. The van der Waals surface area contributed by atoms with Gasteiger partial charge in [-0.15, -0.1) is 0 Å². The molecule has 0 radical (unpaired) electrons. The van der Waals surface area contributed by atoms with Crippen LogP contribution in [0.2, 0.25) is 0 Å². The van der Waals surface area contributed by atoms with E-state index < -0.39 is 0 Å². The molecule has 1 spiro atoms. The number of benzene rings is 1. The van der Waals surface area contributed by atoms with Crippen LogP contribution in [-0.4, -0.2) is 34.5 Å². The van der Waals surface area contributed by atoms with Gasteiger partial charge < -0.3 is 9.88 Å². The zero-order valence-corrected chi connectivity index (χ0v) is 16.9. The Labute approximate surface area is 167 Å². The lowest BCUT2D eigenvalue weighted by Gasteiger charge is -2.39. The molecule has 2 fully saturated rings. The molecule has 1 aliphatic heterocycles. The third-order valence-electron chi connectivity index (χ3n) is 7.41. The van der Waals surface area contributed by atoms with Crippen LogP contribution in [0.4, 0.5) is 0 Å². The lowest BCUT2D eigenvalue weighted by Crippen LogP contribution is -2.42. The number of nitrogens with one attached hydrogen (secondary N) is 1. The molecule has 2 heterocycles. The number of likely N-dealkylation sites (tertiary alicyclic amines) is 1. The van der Waals surface area contributed by atoms with E-state index in [2.05, 4.69) is 47.1 Å². The summed E-state index contributed by atoms with van der Waals surface area (Å²) in [4.78, 5) is 23.3. The highest BCUT2D eigenvalue weighted by atomic mass is 16.1. The molecule has 2 aromatic rings. The largest absolute Gasteiger partial charge is 0.310 e. The molecule has 1 N–H and O–H groups in total. The second kappa shape index (κ2) is 7.14. The zero-order chi connectivity index (χ0) is 19.1. The lowest BCUT2D eigenvalue weighted by atomic mass is 9.76. The molecule has 1 unspecified atom stereocenters. The van der Waals surface area contributed by atoms with Gasteiger partial charge in [0.15, 0.2) is 0 Å². The number of nitrogens with zero attached hydrogens (tertiary/aromatic N) is 2. The van der Waals surface area contributed by atoms with Gasteiger partial charge in [-0.05, 0) is 76.1 Å². The summed E-state index contributed by atoms with van der Waals surface area (Å²) in [5.41, 5.74) is 3.89. The van der Waals surface area contributed by atoms with E-state index in [4.69, 9.17) is 4.98 Å². The van der Waals surface area contributed by atoms with Crippen LogP contribution in [0.3, 0.4) is 0 Å². The van der Waals surface area contributed by atoms with Crippen LogP contribution in [0.5, 0.6) is 0 Å². The maximum absolute atomic E-state index is 12.6. The standard InChI is InChI=1S/C24H31N3O/c1-17(18-5-3-2-4-6-18)10-14-27-15-12-24(13-16-27)11-9-20-21(24)25-22(19-7-8-19)26-23(20)28/h2-6,17,19H,7-16H2,1H3,(H,25,26,28). The van der Waals surface area contributed by atoms with Crippen LogP contribution >= 0.6 is 0 Å². The number of aromatic nitrogens is 2. The van der Waals surface area contributed by atoms with Crippen molar-refractivity contribution in [1.82, 2.24) is 14.9 Å². The van der Waals surface area contributed by atoms with Gasteiger partial charge in [-0.25, -0.2) is 4.98 Å². The molecule has 0 amide bonds. The second-order valence-electron chi connectivity index (χ2n) is 9.27. The molecule has 3 aliphatic rings. The second-order valence-corrected chi connectivity index (χ2v) is 9.27. The van der Waals surface area contributed by atoms with E-state index in [0.717, 1.165) is 62.4 Å². The molecule has 5 rings (SSSR count). The monoisotopic (exact) mass is 377 g/mol. The zero-order valence-electron chi connectivity index (χ0n) is 16.9. The normalized spacial score (nSPS) is 22.3. The van der Waals surface area contributed by atoms with Crippen molar-refractivity contribution in [2.75, 3.05) is 19.6 Å². The third kappa shape index (κ3) is 3.32. The van der Waals surface area contributed by atoms with Gasteiger partial charge in [0.05, 0.1) is 5.69 Å². The van der Waals surface area contributed by atoms with Crippen LogP contribution < -0.4 is 5.56 Å². The Hall–Kier alpha value is -1.94. The fraction of sp³-hybridized carbons (Fsp3) is 0.583. The van der Waals surface area contributed by atoms with Crippen LogP contribution in [0, 0.1) is 0 Å². The number of aromatic amines is 1. The van der Waals surface area contributed by atoms with Crippen molar-refractivity contribution in [2.24, 2.45) is 0 Å². The van der Waals surface area contributed by atoms with E-state index in [9.17, 15) is 4.79 Å². The first-order valence-corrected chi connectivity index (χ1v) is 11.1. The van der Waals surface area contributed by atoms with Crippen molar-refractivity contribution < 1.29 is 0 Å². The predicted octanol–water partition coefficient (Wildman–Crippen LogP) is 4.12. The maximum atomic E-state index is 12.6. The fourth-order valence-corrected chi connectivity index (χ4v) is 5.23. The van der Waals surface area contributed by atoms with Gasteiger partial charge in [-0.3, -0.25) is 4.79 Å². The first-order valence-electron chi connectivity index (χ1n) is 11.1. The number of rotatable bonds is 5. The molecule has 1 saturated carbocycles. The molecule has 28 heavy (non-hydrogen) atoms. The lowest BCUT2D eigenvalue weighted by molar-refractivity contribution is 0.152. The smallest absolute Gasteiger partial charge is 0.254 e. The molecule has 2 aliphatic carbocycles. The Kier molecular flexibility index (Phi) is 4.62. The summed E-state index contributed by atoms with van der Waals surface area (Å²) >= 11 is 0. The Morgan fingerprint density at radius 1 is 1.18 bits per heavy atom. The Morgan fingerprint density at radius 3 is 2.64 bits per heavy atom. The van der Waals surface area contributed by atoms with Crippen molar-refractivity contribution in [3.05, 3.63) is 63.3 Å². The summed E-state index contributed by atoms with van der Waals surface area (Å²) in [5.74, 6) is 2.07. The maximum Gasteiger partial charge on any atom is 0.254 e. The molecule has 148 valence electrons. The van der Waals surface area contributed by atoms with E-state index in [-0.39, 0.29) is 11.0 Å². The number of H-pyrrole nitrogens is 1. The van der Waals surface area contributed by atoms with Crippen LogP contribution in [-0.2, 0) is 11.8 Å². The van der Waals surface area contributed by atoms with Crippen molar-refractivity contribution in [3.8, 4) is 0 Å². The van der Waals surface area contributed by atoms with Gasteiger partial charge in [0.25, 0.3) is 5.56 Å². The topological polar surface area (TPSA) is 49.0 Å². The van der Waals surface area contributed by atoms with E-state index >= 15 is 0 Å². The van der Waals surface area contributed by atoms with Crippen LogP contribution in [0.15, 0.2) is 35.1 Å². The molecule has 1 aromatic heterocycles. The van der Waals surface area contributed by atoms with Gasteiger partial charge in [0, 0.05) is 16.9 Å². The van der Waals surface area contributed by atoms with Crippen LogP contribution in [0.1, 0.15) is 79.9 Å². The van der Waals surface area contributed by atoms with Crippen LogP contribution in [0.25, 0.3) is 0 Å². The van der Waals surface area contributed by atoms with Gasteiger partial charge in [0.1, 0.15) is 5.82 Å². The summed E-state index contributed by atoms with van der Waals surface area (Å²) in [7, 11) is 0. The first-order chi connectivity index (χ1) is 13.6. The van der Waals surface area contributed by atoms with E-state index in [1.807, 2.05) is 0 Å².